The third-order valence-corrected chi connectivity index (χ3v) is 4.70. The predicted molar refractivity (Wildman–Crippen MR) is 112 cm³/mol. The number of carbonyl (C=O) groups excluding carboxylic acids is 1. The number of carbonyl (C=O) groups is 1. The van der Waals surface area contributed by atoms with Gasteiger partial charge in [-0.1, -0.05) is 37.1 Å². The first-order valence-corrected chi connectivity index (χ1v) is 9.10. The van der Waals surface area contributed by atoms with Crippen LogP contribution in [0.15, 0.2) is 41.0 Å². The van der Waals surface area contributed by atoms with Crippen LogP contribution in [0.4, 0.5) is 0 Å². The average Bonchev–Trinajstić information content (AvgIpc) is 2.99. The summed E-state index contributed by atoms with van der Waals surface area (Å²) < 4.78 is 5.19. The molecule has 1 aliphatic heterocycles. The maximum atomic E-state index is 12.1. The molecule has 7 heteroatoms. The maximum Gasteiger partial charge on any atom is 0.254 e. The molecule has 3 rings (SSSR count). The van der Waals surface area contributed by atoms with E-state index in [9.17, 15) is 4.79 Å². The molecule has 0 radical (unpaired) electrons. The zero-order chi connectivity index (χ0) is 17.5. The summed E-state index contributed by atoms with van der Waals surface area (Å²) in [5.74, 6) is 0.472. The van der Waals surface area contributed by atoms with Crippen molar-refractivity contribution >= 4 is 30.7 Å². The standard InChI is InChI=1S/C20H27N3O2.2ClH/c21-12-19-11-18(15-25-19)20(24)22-13-16-5-7-17(8-6-16)14-23-9-3-1-2-4-10-23;;/h5-8,11,15H,1-4,9-10,12-14,21H2,(H,22,24);2*1H. The van der Waals surface area contributed by atoms with Gasteiger partial charge in [0, 0.05) is 13.1 Å². The minimum atomic E-state index is -0.142. The Kier molecular flexibility index (Phi) is 10.5. The summed E-state index contributed by atoms with van der Waals surface area (Å²) in [6.45, 7) is 4.22. The van der Waals surface area contributed by atoms with Gasteiger partial charge in [0.2, 0.25) is 0 Å². The van der Waals surface area contributed by atoms with Crippen LogP contribution in [0.3, 0.4) is 0 Å². The van der Waals surface area contributed by atoms with E-state index in [1.54, 1.807) is 6.07 Å². The molecule has 0 spiro atoms. The fourth-order valence-corrected chi connectivity index (χ4v) is 3.21. The topological polar surface area (TPSA) is 71.5 Å². The number of nitrogens with one attached hydrogen (secondary N) is 1. The monoisotopic (exact) mass is 413 g/mol. The Labute approximate surface area is 173 Å². The zero-order valence-electron chi connectivity index (χ0n) is 15.5. The lowest BCUT2D eigenvalue weighted by Crippen LogP contribution is -2.24. The normalized spacial score (nSPS) is 14.6. The van der Waals surface area contributed by atoms with Crippen molar-refractivity contribution < 1.29 is 9.21 Å². The highest BCUT2D eigenvalue weighted by Crippen LogP contribution is 2.14. The molecule has 27 heavy (non-hydrogen) atoms. The summed E-state index contributed by atoms with van der Waals surface area (Å²) in [6, 6.07) is 10.2. The number of likely N-dealkylation sites (tertiary alicyclic amines) is 1. The molecule has 1 fully saturated rings. The highest BCUT2D eigenvalue weighted by molar-refractivity contribution is 5.93. The second-order valence-corrected chi connectivity index (χ2v) is 6.70. The van der Waals surface area contributed by atoms with Crippen molar-refractivity contribution in [1.82, 2.24) is 10.2 Å². The molecule has 5 nitrogen and oxygen atoms in total. The third kappa shape index (κ3) is 7.18. The molecule has 1 aromatic heterocycles. The second-order valence-electron chi connectivity index (χ2n) is 6.70. The van der Waals surface area contributed by atoms with E-state index in [0.29, 0.717) is 24.4 Å². The predicted octanol–water partition coefficient (Wildman–Crippen LogP) is 3.89. The van der Waals surface area contributed by atoms with Crippen molar-refractivity contribution in [3.63, 3.8) is 0 Å². The SMILES string of the molecule is Cl.Cl.NCc1cc(C(=O)NCc2ccc(CN3CCCCCC3)cc2)co1. The fourth-order valence-electron chi connectivity index (χ4n) is 3.21. The van der Waals surface area contributed by atoms with Crippen LogP contribution in [0, 0.1) is 0 Å². The number of hydrogen-bond acceptors (Lipinski definition) is 4. The number of nitrogens with two attached hydrogens (primary N) is 1. The van der Waals surface area contributed by atoms with Crippen molar-refractivity contribution in [3.05, 3.63) is 59.0 Å². The molecular weight excluding hydrogens is 385 g/mol. The van der Waals surface area contributed by atoms with Gasteiger partial charge in [0.1, 0.15) is 12.0 Å². The van der Waals surface area contributed by atoms with Crippen molar-refractivity contribution in [2.24, 2.45) is 5.73 Å². The van der Waals surface area contributed by atoms with Crippen molar-refractivity contribution in [2.75, 3.05) is 13.1 Å². The largest absolute Gasteiger partial charge is 0.467 e. The number of benzene rings is 1. The Morgan fingerprint density at radius 1 is 1.04 bits per heavy atom. The van der Waals surface area contributed by atoms with E-state index in [2.05, 4.69) is 34.5 Å². The summed E-state index contributed by atoms with van der Waals surface area (Å²) >= 11 is 0. The molecule has 1 saturated heterocycles. The number of amides is 1. The summed E-state index contributed by atoms with van der Waals surface area (Å²) in [7, 11) is 0. The van der Waals surface area contributed by atoms with Gasteiger partial charge in [0.25, 0.3) is 5.91 Å². The van der Waals surface area contributed by atoms with Gasteiger partial charge in [-0.3, -0.25) is 9.69 Å². The molecule has 2 aromatic rings. The van der Waals surface area contributed by atoms with Crippen LogP contribution >= 0.6 is 24.8 Å². The Balaban J connectivity index is 0.00000182. The average molecular weight is 414 g/mol. The lowest BCUT2D eigenvalue weighted by molar-refractivity contribution is 0.0950. The van der Waals surface area contributed by atoms with Crippen LogP contribution in [0.5, 0.6) is 0 Å². The van der Waals surface area contributed by atoms with Crippen LogP contribution in [0.25, 0.3) is 0 Å². The van der Waals surface area contributed by atoms with Crippen molar-refractivity contribution in [2.45, 2.75) is 45.3 Å². The van der Waals surface area contributed by atoms with E-state index in [-0.39, 0.29) is 30.7 Å². The molecule has 0 bridgehead atoms. The van der Waals surface area contributed by atoms with E-state index in [1.165, 1.54) is 50.6 Å². The van der Waals surface area contributed by atoms with Gasteiger partial charge in [-0.15, -0.1) is 24.8 Å². The van der Waals surface area contributed by atoms with Crippen molar-refractivity contribution in [1.29, 1.82) is 0 Å². The summed E-state index contributed by atoms with van der Waals surface area (Å²) in [5, 5.41) is 2.91. The van der Waals surface area contributed by atoms with Gasteiger partial charge in [-0.05, 0) is 43.1 Å². The second kappa shape index (κ2) is 12.0. The van der Waals surface area contributed by atoms with Crippen molar-refractivity contribution in [3.8, 4) is 0 Å². The zero-order valence-corrected chi connectivity index (χ0v) is 17.1. The van der Waals surface area contributed by atoms with E-state index in [0.717, 1.165) is 12.1 Å². The molecule has 0 aliphatic carbocycles. The molecule has 150 valence electrons. The van der Waals surface area contributed by atoms with Gasteiger partial charge in [-0.2, -0.15) is 0 Å². The Morgan fingerprint density at radius 2 is 1.67 bits per heavy atom. The first-order chi connectivity index (χ1) is 12.2. The van der Waals surface area contributed by atoms with Gasteiger partial charge in [0.15, 0.2) is 0 Å². The minimum absolute atomic E-state index is 0. The van der Waals surface area contributed by atoms with Crippen LogP contribution in [-0.4, -0.2) is 23.9 Å². The van der Waals surface area contributed by atoms with Crippen LogP contribution < -0.4 is 11.1 Å². The molecule has 0 saturated carbocycles. The molecule has 3 N–H and O–H groups in total. The van der Waals surface area contributed by atoms with E-state index < -0.39 is 0 Å². The van der Waals surface area contributed by atoms with Crippen LogP contribution in [-0.2, 0) is 19.6 Å². The quantitative estimate of drug-likeness (QED) is 0.753. The molecule has 1 aromatic carbocycles. The van der Waals surface area contributed by atoms with Gasteiger partial charge < -0.3 is 15.5 Å². The summed E-state index contributed by atoms with van der Waals surface area (Å²) in [6.07, 6.45) is 6.78. The van der Waals surface area contributed by atoms with E-state index >= 15 is 0 Å². The van der Waals surface area contributed by atoms with Gasteiger partial charge in [0.05, 0.1) is 12.1 Å². The highest BCUT2D eigenvalue weighted by atomic mass is 35.5. The lowest BCUT2D eigenvalue weighted by atomic mass is 10.1. The molecular formula is C20H29Cl2N3O2. The molecule has 1 aliphatic rings. The Morgan fingerprint density at radius 3 is 2.26 bits per heavy atom. The Hall–Kier alpha value is -1.53. The fraction of sp³-hybridized carbons (Fsp3) is 0.450. The molecule has 1 amide bonds. The first-order valence-electron chi connectivity index (χ1n) is 9.10. The molecule has 2 heterocycles. The lowest BCUT2D eigenvalue weighted by Gasteiger charge is -2.19. The smallest absolute Gasteiger partial charge is 0.254 e. The van der Waals surface area contributed by atoms with Gasteiger partial charge >= 0.3 is 0 Å². The van der Waals surface area contributed by atoms with E-state index in [4.69, 9.17) is 10.2 Å². The molecule has 0 unspecified atom stereocenters. The van der Waals surface area contributed by atoms with Crippen LogP contribution in [0.1, 0.15) is 52.9 Å². The van der Waals surface area contributed by atoms with Gasteiger partial charge in [-0.25, -0.2) is 0 Å². The number of nitrogens with zero attached hydrogens (tertiary/aromatic N) is 1. The summed E-state index contributed by atoms with van der Waals surface area (Å²) in [4.78, 5) is 14.6. The highest BCUT2D eigenvalue weighted by Gasteiger charge is 2.11. The molecule has 0 atom stereocenters. The maximum absolute atomic E-state index is 12.1. The van der Waals surface area contributed by atoms with Crippen LogP contribution in [0.2, 0.25) is 0 Å². The first kappa shape index (κ1) is 23.5. The summed E-state index contributed by atoms with van der Waals surface area (Å²) in [5.41, 5.74) is 8.43. The number of hydrogen-bond donors (Lipinski definition) is 2. The minimum Gasteiger partial charge on any atom is -0.467 e. The third-order valence-electron chi connectivity index (χ3n) is 4.70. The Bertz CT molecular complexity index is 681. The number of halogens is 2. The number of rotatable bonds is 6. The van der Waals surface area contributed by atoms with E-state index in [1.807, 2.05) is 0 Å². The number of furan rings is 1.